The first kappa shape index (κ1) is 14.2. The summed E-state index contributed by atoms with van der Waals surface area (Å²) in [6.45, 7) is 1.52. The Morgan fingerprint density at radius 3 is 2.94 bits per heavy atom. The lowest BCUT2D eigenvalue weighted by Crippen LogP contribution is -2.30. The summed E-state index contributed by atoms with van der Waals surface area (Å²) in [6.07, 6.45) is 3.59. The molecule has 0 aliphatic heterocycles. The van der Waals surface area contributed by atoms with Gasteiger partial charge in [-0.2, -0.15) is 0 Å². The predicted molar refractivity (Wildman–Crippen MR) is 70.5 cm³/mol. The zero-order valence-corrected chi connectivity index (χ0v) is 10.7. The van der Waals surface area contributed by atoms with Crippen LogP contribution in [0.15, 0.2) is 18.5 Å². The highest BCUT2D eigenvalue weighted by atomic mass is 32.2. The highest BCUT2D eigenvalue weighted by Gasteiger charge is 2.03. The standard InChI is InChI=1S/C12H13N3O2S/c1-9(16)18-5-3-2-4-10-6-11(8-14-7-10)12(17)15-13/h6-8H,3,5,13H2,1H3,(H,15,17). The lowest BCUT2D eigenvalue weighted by molar-refractivity contribution is -0.109. The predicted octanol–water partition coefficient (Wildman–Crippen LogP) is 0.706. The minimum Gasteiger partial charge on any atom is -0.290 e. The fourth-order valence-electron chi connectivity index (χ4n) is 1.13. The third-order valence-electron chi connectivity index (χ3n) is 1.90. The topological polar surface area (TPSA) is 85.1 Å². The first-order valence-electron chi connectivity index (χ1n) is 5.21. The second-order valence-electron chi connectivity index (χ2n) is 3.33. The summed E-state index contributed by atoms with van der Waals surface area (Å²) in [5, 5.41) is 0.0834. The Morgan fingerprint density at radius 1 is 1.50 bits per heavy atom. The van der Waals surface area contributed by atoms with Gasteiger partial charge >= 0.3 is 0 Å². The lowest BCUT2D eigenvalue weighted by atomic mass is 10.2. The van der Waals surface area contributed by atoms with E-state index in [1.807, 2.05) is 5.43 Å². The maximum atomic E-state index is 11.3. The number of hydrogen-bond acceptors (Lipinski definition) is 5. The average Bonchev–Trinajstić information content (AvgIpc) is 2.37. The van der Waals surface area contributed by atoms with Crippen LogP contribution in [0.4, 0.5) is 0 Å². The van der Waals surface area contributed by atoms with Crippen molar-refractivity contribution < 1.29 is 9.59 Å². The van der Waals surface area contributed by atoms with Gasteiger partial charge in [0.1, 0.15) is 0 Å². The molecule has 0 aliphatic rings. The van der Waals surface area contributed by atoms with Gasteiger partial charge in [0, 0.05) is 37.1 Å². The van der Waals surface area contributed by atoms with Crippen LogP contribution in [-0.4, -0.2) is 21.8 Å². The van der Waals surface area contributed by atoms with E-state index in [0.29, 0.717) is 23.3 Å². The molecule has 0 bridgehead atoms. The molecule has 0 atom stereocenters. The maximum Gasteiger partial charge on any atom is 0.266 e. The monoisotopic (exact) mass is 263 g/mol. The van der Waals surface area contributed by atoms with Crippen LogP contribution >= 0.6 is 11.8 Å². The van der Waals surface area contributed by atoms with E-state index in [1.165, 1.54) is 24.9 Å². The van der Waals surface area contributed by atoms with Crippen LogP contribution in [0, 0.1) is 11.8 Å². The lowest BCUT2D eigenvalue weighted by Gasteiger charge is -1.98. The van der Waals surface area contributed by atoms with Gasteiger partial charge in [-0.15, -0.1) is 0 Å². The van der Waals surface area contributed by atoms with Crippen molar-refractivity contribution in [1.82, 2.24) is 10.4 Å². The van der Waals surface area contributed by atoms with E-state index in [1.54, 1.807) is 12.3 Å². The Labute approximate surface area is 110 Å². The van der Waals surface area contributed by atoms with Gasteiger partial charge in [-0.3, -0.25) is 20.0 Å². The molecule has 0 aliphatic carbocycles. The highest BCUT2D eigenvalue weighted by Crippen LogP contribution is 2.03. The zero-order chi connectivity index (χ0) is 13.4. The number of carbonyl (C=O) groups excluding carboxylic acids is 2. The number of rotatable bonds is 3. The third-order valence-corrected chi connectivity index (χ3v) is 2.71. The number of hydrazine groups is 1. The second-order valence-corrected chi connectivity index (χ2v) is 4.60. The molecule has 0 fully saturated rings. The van der Waals surface area contributed by atoms with E-state index >= 15 is 0 Å². The summed E-state index contributed by atoms with van der Waals surface area (Å²) in [5.74, 6) is 11.1. The first-order chi connectivity index (χ1) is 8.63. The molecule has 0 unspecified atom stereocenters. The van der Waals surface area contributed by atoms with Gasteiger partial charge in [-0.05, 0) is 6.07 Å². The largest absolute Gasteiger partial charge is 0.290 e. The van der Waals surface area contributed by atoms with Crippen molar-refractivity contribution >= 4 is 22.8 Å². The number of aromatic nitrogens is 1. The number of nitrogen functional groups attached to an aromatic ring is 1. The van der Waals surface area contributed by atoms with E-state index in [2.05, 4.69) is 16.8 Å². The summed E-state index contributed by atoms with van der Waals surface area (Å²) < 4.78 is 0. The number of amides is 1. The van der Waals surface area contributed by atoms with Crippen LogP contribution in [0.3, 0.4) is 0 Å². The van der Waals surface area contributed by atoms with Crippen LogP contribution in [0.1, 0.15) is 29.3 Å². The quantitative estimate of drug-likeness (QED) is 0.276. The molecule has 1 aromatic rings. The first-order valence-corrected chi connectivity index (χ1v) is 6.20. The van der Waals surface area contributed by atoms with Gasteiger partial charge in [0.2, 0.25) is 0 Å². The van der Waals surface area contributed by atoms with Gasteiger partial charge in [0.05, 0.1) is 5.56 Å². The Kier molecular flexibility index (Phi) is 5.91. The smallest absolute Gasteiger partial charge is 0.266 e. The van der Waals surface area contributed by atoms with E-state index in [9.17, 15) is 9.59 Å². The van der Waals surface area contributed by atoms with E-state index in [0.717, 1.165) is 0 Å². The Morgan fingerprint density at radius 2 is 2.28 bits per heavy atom. The van der Waals surface area contributed by atoms with Gasteiger partial charge in [0.15, 0.2) is 5.12 Å². The Bertz CT molecular complexity index is 506. The van der Waals surface area contributed by atoms with Gasteiger partial charge in [-0.25, -0.2) is 5.84 Å². The molecule has 5 nitrogen and oxygen atoms in total. The van der Waals surface area contributed by atoms with Crippen molar-refractivity contribution in [3.63, 3.8) is 0 Å². The van der Waals surface area contributed by atoms with Gasteiger partial charge < -0.3 is 0 Å². The molecule has 0 aromatic carbocycles. The summed E-state index contributed by atoms with van der Waals surface area (Å²) in [7, 11) is 0. The van der Waals surface area contributed by atoms with E-state index in [-0.39, 0.29) is 5.12 Å². The minimum atomic E-state index is -0.404. The number of pyridine rings is 1. The molecule has 18 heavy (non-hydrogen) atoms. The van der Waals surface area contributed by atoms with Crippen LogP contribution in [0.2, 0.25) is 0 Å². The fourth-order valence-corrected chi connectivity index (χ4v) is 1.62. The molecule has 0 saturated heterocycles. The summed E-state index contributed by atoms with van der Waals surface area (Å²) in [4.78, 5) is 25.8. The molecule has 3 N–H and O–H groups in total. The van der Waals surface area contributed by atoms with Crippen molar-refractivity contribution in [2.24, 2.45) is 5.84 Å². The summed E-state index contributed by atoms with van der Waals surface area (Å²) >= 11 is 1.24. The number of nitrogens with zero attached hydrogens (tertiary/aromatic N) is 1. The van der Waals surface area contributed by atoms with Crippen molar-refractivity contribution in [3.8, 4) is 11.8 Å². The van der Waals surface area contributed by atoms with Crippen LogP contribution in [0.5, 0.6) is 0 Å². The van der Waals surface area contributed by atoms with Crippen molar-refractivity contribution in [2.75, 3.05) is 5.75 Å². The number of hydrogen-bond donors (Lipinski definition) is 2. The normalized spacial score (nSPS) is 9.22. The minimum absolute atomic E-state index is 0.0834. The van der Waals surface area contributed by atoms with Crippen molar-refractivity contribution in [1.29, 1.82) is 0 Å². The molecular formula is C12H13N3O2S. The SMILES string of the molecule is CC(=O)SCCC#Cc1cncc(C(=O)NN)c1. The van der Waals surface area contributed by atoms with E-state index in [4.69, 9.17) is 5.84 Å². The van der Waals surface area contributed by atoms with Gasteiger partial charge in [-0.1, -0.05) is 23.6 Å². The van der Waals surface area contributed by atoms with Crippen LogP contribution in [-0.2, 0) is 4.79 Å². The number of nitrogens with one attached hydrogen (secondary N) is 1. The molecule has 6 heteroatoms. The summed E-state index contributed by atoms with van der Waals surface area (Å²) in [6, 6.07) is 1.61. The fraction of sp³-hybridized carbons (Fsp3) is 0.250. The third kappa shape index (κ3) is 4.99. The van der Waals surface area contributed by atoms with Crippen molar-refractivity contribution in [2.45, 2.75) is 13.3 Å². The molecule has 1 aromatic heterocycles. The molecule has 0 saturated carbocycles. The molecule has 1 amide bonds. The maximum absolute atomic E-state index is 11.3. The molecule has 94 valence electrons. The average molecular weight is 263 g/mol. The van der Waals surface area contributed by atoms with Gasteiger partial charge in [0.25, 0.3) is 5.91 Å². The van der Waals surface area contributed by atoms with Crippen molar-refractivity contribution in [3.05, 3.63) is 29.6 Å². The zero-order valence-electron chi connectivity index (χ0n) is 9.90. The molecule has 1 rings (SSSR count). The molecular weight excluding hydrogens is 250 g/mol. The molecule has 1 heterocycles. The molecule has 0 spiro atoms. The van der Waals surface area contributed by atoms with E-state index < -0.39 is 5.91 Å². The number of carbonyl (C=O) groups is 2. The van der Waals surface area contributed by atoms with Crippen LogP contribution in [0.25, 0.3) is 0 Å². The Hall–Kier alpha value is -1.84. The second kappa shape index (κ2) is 7.48. The Balaban J connectivity index is 2.59. The summed E-state index contributed by atoms with van der Waals surface area (Å²) in [5.41, 5.74) is 3.04. The van der Waals surface area contributed by atoms with Crippen LogP contribution < -0.4 is 11.3 Å². The molecule has 0 radical (unpaired) electrons. The number of thioether (sulfide) groups is 1. The highest BCUT2D eigenvalue weighted by molar-refractivity contribution is 8.13. The number of nitrogens with two attached hydrogens (primary N) is 1.